The van der Waals surface area contributed by atoms with Gasteiger partial charge < -0.3 is 24.9 Å². The number of hydrogen-bond donors (Lipinski definition) is 3. The fraction of sp³-hybridized carbons (Fsp3) is 0.355. The molecule has 2 atom stereocenters. The molecule has 16 heteroatoms. The number of thiazole rings is 1. The summed E-state index contributed by atoms with van der Waals surface area (Å²) in [6.07, 6.45) is -0.913. The lowest BCUT2D eigenvalue weighted by Crippen LogP contribution is -2.70. The van der Waals surface area contributed by atoms with Gasteiger partial charge in [-0.2, -0.15) is 0 Å². The second-order valence-electron chi connectivity index (χ2n) is 11.8. The molecule has 2 heterocycles. The lowest BCUT2D eigenvalue weighted by molar-refractivity contribution is -0.164. The Morgan fingerprint density at radius 1 is 1.11 bits per heavy atom. The van der Waals surface area contributed by atoms with Crippen molar-refractivity contribution in [3.8, 4) is 0 Å². The molecule has 1 aromatic heterocycles. The summed E-state index contributed by atoms with van der Waals surface area (Å²) < 4.78 is 11.3. The molecule has 3 N–H and O–H groups in total. The molecule has 1 saturated heterocycles. The van der Waals surface area contributed by atoms with Gasteiger partial charge in [-0.05, 0) is 37.4 Å². The first-order valence-electron chi connectivity index (χ1n) is 14.6. The third-order valence-electron chi connectivity index (χ3n) is 7.03. The molecule has 244 valence electrons. The van der Waals surface area contributed by atoms with Crippen molar-refractivity contribution in [2.24, 2.45) is 10.3 Å². The van der Waals surface area contributed by atoms with Crippen molar-refractivity contribution in [3.05, 3.63) is 93.3 Å². The maximum atomic E-state index is 13.6. The summed E-state index contributed by atoms with van der Waals surface area (Å²) in [6, 6.07) is 16.8. The van der Waals surface area contributed by atoms with Gasteiger partial charge in [0.05, 0.1) is 6.04 Å². The van der Waals surface area contributed by atoms with E-state index in [9.17, 15) is 19.2 Å². The topological polar surface area (TPSA) is 206 Å². The van der Waals surface area contributed by atoms with Crippen LogP contribution >= 0.6 is 11.3 Å². The highest BCUT2D eigenvalue weighted by Gasteiger charge is 2.56. The number of nitrogens with one attached hydrogen (secondary N) is 3. The number of nitrogens with zero attached hydrogens (tertiary/aromatic N) is 5. The van der Waals surface area contributed by atoms with Crippen LogP contribution < -0.4 is 16.0 Å². The van der Waals surface area contributed by atoms with Crippen LogP contribution in [0.4, 0.5) is 9.93 Å². The number of aromatic nitrogens is 1. The Hall–Kier alpha value is -5.47. The standard InChI is InChI=1S/C31H32N8O7S/c1-30(2,3)45-29(43)37-28-35-21(17-47-28)23(26(41)36-22-20(16-33-39-32)34-25(22)40)38-46-31(14-15-31)27(42)44-24(18-10-6-4-7-11-18)19-12-8-5-9-13-19/h4-13,17,20,22,24H,14-16H2,1-3H3,(H,34,40)(H,36,41)(H,35,37,43)/t20-,22+/m1/s1. The summed E-state index contributed by atoms with van der Waals surface area (Å²) in [5.74, 6) is -2.00. The van der Waals surface area contributed by atoms with Crippen molar-refractivity contribution in [2.45, 2.75) is 63.0 Å². The molecule has 1 saturated carbocycles. The summed E-state index contributed by atoms with van der Waals surface area (Å²) in [7, 11) is 0. The minimum Gasteiger partial charge on any atom is -0.450 e. The van der Waals surface area contributed by atoms with E-state index >= 15 is 0 Å². The fourth-order valence-corrected chi connectivity index (χ4v) is 5.19. The molecule has 47 heavy (non-hydrogen) atoms. The van der Waals surface area contributed by atoms with Gasteiger partial charge in [0.2, 0.25) is 11.5 Å². The van der Waals surface area contributed by atoms with Crippen molar-refractivity contribution in [2.75, 3.05) is 11.9 Å². The predicted molar refractivity (Wildman–Crippen MR) is 170 cm³/mol. The third kappa shape index (κ3) is 8.23. The molecular formula is C31H32N8O7S. The van der Waals surface area contributed by atoms with Crippen LogP contribution in [0.15, 0.2) is 76.3 Å². The Morgan fingerprint density at radius 2 is 1.74 bits per heavy atom. The maximum absolute atomic E-state index is 13.6. The number of ether oxygens (including phenoxy) is 2. The molecule has 5 rings (SSSR count). The first kappa shape index (κ1) is 32.9. The normalized spacial score (nSPS) is 18.1. The second-order valence-corrected chi connectivity index (χ2v) is 12.6. The fourth-order valence-electron chi connectivity index (χ4n) is 4.51. The van der Waals surface area contributed by atoms with E-state index in [1.807, 2.05) is 60.7 Å². The highest BCUT2D eigenvalue weighted by Crippen LogP contribution is 2.43. The molecule has 1 aliphatic carbocycles. The van der Waals surface area contributed by atoms with Crippen molar-refractivity contribution < 1.29 is 33.5 Å². The minimum atomic E-state index is -1.46. The molecule has 0 unspecified atom stereocenters. The molecule has 15 nitrogen and oxygen atoms in total. The number of oxime groups is 1. The average molecular weight is 661 g/mol. The summed E-state index contributed by atoms with van der Waals surface area (Å²) in [5.41, 5.74) is 7.59. The van der Waals surface area contributed by atoms with Crippen LogP contribution in [0.3, 0.4) is 0 Å². The van der Waals surface area contributed by atoms with Crippen LogP contribution in [-0.2, 0) is 28.7 Å². The van der Waals surface area contributed by atoms with E-state index in [1.165, 1.54) is 5.38 Å². The summed E-state index contributed by atoms with van der Waals surface area (Å²) >= 11 is 0.994. The van der Waals surface area contributed by atoms with Crippen molar-refractivity contribution in [1.82, 2.24) is 15.6 Å². The first-order chi connectivity index (χ1) is 22.5. The number of anilines is 1. The van der Waals surface area contributed by atoms with Crippen LogP contribution in [0.2, 0.25) is 0 Å². The Labute approximate surface area is 273 Å². The summed E-state index contributed by atoms with van der Waals surface area (Å²) in [5, 5.41) is 16.7. The number of hydrogen-bond acceptors (Lipinski definition) is 11. The van der Waals surface area contributed by atoms with Gasteiger partial charge in [-0.3, -0.25) is 14.9 Å². The van der Waals surface area contributed by atoms with Gasteiger partial charge in [0.25, 0.3) is 5.91 Å². The largest absolute Gasteiger partial charge is 0.450 e. The van der Waals surface area contributed by atoms with E-state index in [1.54, 1.807) is 20.8 Å². The lowest BCUT2D eigenvalue weighted by Gasteiger charge is -2.36. The number of benzene rings is 2. The van der Waals surface area contributed by atoms with E-state index in [0.29, 0.717) is 0 Å². The van der Waals surface area contributed by atoms with Crippen LogP contribution in [-0.4, -0.2) is 64.4 Å². The molecule has 1 aliphatic heterocycles. The number of rotatable bonds is 12. The number of esters is 1. The maximum Gasteiger partial charge on any atom is 0.413 e. The zero-order valence-electron chi connectivity index (χ0n) is 25.7. The average Bonchev–Trinajstić information content (AvgIpc) is 3.71. The SMILES string of the molecule is CC(C)(C)OC(=O)Nc1nc(C(=NOC2(C(=O)OC(c3ccccc3)c3ccccc3)CC2)C(=O)N[C@@H]2C(=O)N[C@@H]2CN=[N+]=[N-])cs1. The van der Waals surface area contributed by atoms with Gasteiger partial charge in [-0.25, -0.2) is 14.6 Å². The Bertz CT molecular complexity index is 1670. The van der Waals surface area contributed by atoms with E-state index < -0.39 is 53.3 Å². The summed E-state index contributed by atoms with van der Waals surface area (Å²) in [4.78, 5) is 64.3. The smallest absolute Gasteiger partial charge is 0.413 e. The lowest BCUT2D eigenvalue weighted by atomic mass is 9.99. The second kappa shape index (κ2) is 13.9. The van der Waals surface area contributed by atoms with Gasteiger partial charge in [0, 0.05) is 29.7 Å². The van der Waals surface area contributed by atoms with E-state index in [0.717, 1.165) is 22.5 Å². The molecule has 3 aromatic rings. The molecule has 0 spiro atoms. The summed E-state index contributed by atoms with van der Waals surface area (Å²) in [6.45, 7) is 5.03. The zero-order chi connectivity index (χ0) is 33.6. The van der Waals surface area contributed by atoms with Crippen molar-refractivity contribution >= 4 is 46.1 Å². The number of carbonyl (C=O) groups is 4. The molecular weight excluding hydrogens is 628 g/mol. The van der Waals surface area contributed by atoms with Gasteiger partial charge in [0.15, 0.2) is 16.9 Å². The molecule has 3 amide bonds. The highest BCUT2D eigenvalue weighted by molar-refractivity contribution is 7.14. The third-order valence-corrected chi connectivity index (χ3v) is 7.79. The van der Waals surface area contributed by atoms with Crippen LogP contribution in [0.1, 0.15) is 56.5 Å². The predicted octanol–water partition coefficient (Wildman–Crippen LogP) is 4.37. The van der Waals surface area contributed by atoms with E-state index in [4.69, 9.17) is 19.8 Å². The minimum absolute atomic E-state index is 0.000464. The first-order valence-corrected chi connectivity index (χ1v) is 15.5. The molecule has 2 aromatic carbocycles. The van der Waals surface area contributed by atoms with Gasteiger partial charge in [0.1, 0.15) is 17.3 Å². The van der Waals surface area contributed by atoms with E-state index in [2.05, 4.69) is 36.1 Å². The Morgan fingerprint density at radius 3 is 2.30 bits per heavy atom. The van der Waals surface area contributed by atoms with Crippen LogP contribution in [0.5, 0.6) is 0 Å². The number of carbonyl (C=O) groups excluding carboxylic acids is 4. The zero-order valence-corrected chi connectivity index (χ0v) is 26.5. The van der Waals surface area contributed by atoms with Crippen molar-refractivity contribution in [1.29, 1.82) is 0 Å². The van der Waals surface area contributed by atoms with E-state index in [-0.39, 0.29) is 35.9 Å². The molecule has 2 aliphatic rings. The number of azide groups is 1. The number of β-lactam (4-membered cyclic amide) rings is 1. The number of amides is 3. The quantitative estimate of drug-likeness (QED) is 0.0482. The Balaban J connectivity index is 1.38. The van der Waals surface area contributed by atoms with Gasteiger partial charge in [-0.15, -0.1) is 11.3 Å². The van der Waals surface area contributed by atoms with Crippen molar-refractivity contribution in [3.63, 3.8) is 0 Å². The van der Waals surface area contributed by atoms with Gasteiger partial charge >= 0.3 is 12.1 Å². The highest BCUT2D eigenvalue weighted by atomic mass is 32.1. The molecule has 2 fully saturated rings. The molecule has 0 radical (unpaired) electrons. The monoisotopic (exact) mass is 660 g/mol. The Kier molecular flexibility index (Phi) is 9.72. The molecule has 0 bridgehead atoms. The van der Waals surface area contributed by atoms with Crippen LogP contribution in [0.25, 0.3) is 10.4 Å². The van der Waals surface area contributed by atoms with Gasteiger partial charge in [-0.1, -0.05) is 70.9 Å². The van der Waals surface area contributed by atoms with Crippen LogP contribution in [0, 0.1) is 0 Å².